The van der Waals surface area contributed by atoms with Crippen LogP contribution in [0.1, 0.15) is 18.5 Å². The normalized spacial score (nSPS) is 22.5. The number of aromatic nitrogens is 1. The van der Waals surface area contributed by atoms with Crippen LogP contribution < -0.4 is 5.73 Å². The highest BCUT2D eigenvalue weighted by Crippen LogP contribution is 2.27. The minimum absolute atomic E-state index is 0. The van der Waals surface area contributed by atoms with E-state index in [0.717, 1.165) is 42.3 Å². The largest absolute Gasteiger partial charge is 0.381 e. The molecule has 1 saturated heterocycles. The van der Waals surface area contributed by atoms with Crippen molar-refractivity contribution in [1.29, 1.82) is 0 Å². The number of methoxy groups -OCH3 is 1. The minimum atomic E-state index is 0. The first-order valence-electron chi connectivity index (χ1n) is 7.26. The molecule has 2 atom stereocenters. The third kappa shape index (κ3) is 3.88. The Morgan fingerprint density at radius 3 is 3.09 bits per heavy atom. The summed E-state index contributed by atoms with van der Waals surface area (Å²) >= 11 is 1.66. The minimum Gasteiger partial charge on any atom is -0.381 e. The monoisotopic (exact) mass is 343 g/mol. The van der Waals surface area contributed by atoms with Gasteiger partial charge in [-0.05, 0) is 24.3 Å². The zero-order valence-electron chi connectivity index (χ0n) is 12.6. The number of rotatable bonds is 5. The molecular weight excluding hydrogens is 322 g/mol. The molecule has 3 heterocycles. The molecule has 7 heteroatoms. The Hall–Kier alpha value is -0.920. The summed E-state index contributed by atoms with van der Waals surface area (Å²) in [6, 6.07) is 6.44. The molecule has 122 valence electrons. The molecule has 1 aliphatic heterocycles. The summed E-state index contributed by atoms with van der Waals surface area (Å²) in [6.45, 7) is 2.42. The van der Waals surface area contributed by atoms with Crippen molar-refractivity contribution < 1.29 is 9.26 Å². The molecule has 0 saturated carbocycles. The van der Waals surface area contributed by atoms with Crippen LogP contribution in [0, 0.1) is 0 Å². The SMILES string of the molecule is COC1CCN(Cc2cc(-c3cccs3)on2)C(CN)C1.Cl. The van der Waals surface area contributed by atoms with E-state index in [9.17, 15) is 0 Å². The number of nitrogens with zero attached hydrogens (tertiary/aromatic N) is 2. The second-order valence-electron chi connectivity index (χ2n) is 5.40. The number of hydrogen-bond donors (Lipinski definition) is 1. The molecule has 0 bridgehead atoms. The molecule has 1 aliphatic rings. The molecule has 22 heavy (non-hydrogen) atoms. The zero-order valence-corrected chi connectivity index (χ0v) is 14.2. The summed E-state index contributed by atoms with van der Waals surface area (Å²) in [5.41, 5.74) is 6.87. The molecule has 2 aromatic heterocycles. The Labute approximate surface area is 140 Å². The number of likely N-dealkylation sites (tertiary alicyclic amines) is 1. The molecule has 2 unspecified atom stereocenters. The van der Waals surface area contributed by atoms with E-state index >= 15 is 0 Å². The van der Waals surface area contributed by atoms with E-state index in [1.807, 2.05) is 23.6 Å². The quantitative estimate of drug-likeness (QED) is 0.904. The van der Waals surface area contributed by atoms with Gasteiger partial charge in [-0.15, -0.1) is 23.7 Å². The maximum atomic E-state index is 5.91. The highest BCUT2D eigenvalue weighted by molar-refractivity contribution is 7.13. The first-order valence-corrected chi connectivity index (χ1v) is 8.14. The van der Waals surface area contributed by atoms with Gasteiger partial charge in [0.15, 0.2) is 5.76 Å². The van der Waals surface area contributed by atoms with E-state index in [1.54, 1.807) is 18.4 Å². The van der Waals surface area contributed by atoms with Crippen LogP contribution in [0.5, 0.6) is 0 Å². The number of ether oxygens (including phenoxy) is 1. The molecule has 3 rings (SSSR count). The molecule has 0 aromatic carbocycles. The van der Waals surface area contributed by atoms with Crippen molar-refractivity contribution in [2.24, 2.45) is 5.73 Å². The Balaban J connectivity index is 0.00000176. The van der Waals surface area contributed by atoms with Crippen LogP contribution in [0.15, 0.2) is 28.1 Å². The van der Waals surface area contributed by atoms with Crippen molar-refractivity contribution in [2.75, 3.05) is 20.2 Å². The van der Waals surface area contributed by atoms with Gasteiger partial charge in [0, 0.05) is 38.9 Å². The van der Waals surface area contributed by atoms with Crippen LogP contribution in [0.25, 0.3) is 10.6 Å². The lowest BCUT2D eigenvalue weighted by Gasteiger charge is -2.37. The lowest BCUT2D eigenvalue weighted by Crippen LogP contribution is -2.48. The van der Waals surface area contributed by atoms with Gasteiger partial charge < -0.3 is 15.0 Å². The predicted molar refractivity (Wildman–Crippen MR) is 90.3 cm³/mol. The fraction of sp³-hybridized carbons (Fsp3) is 0.533. The highest BCUT2D eigenvalue weighted by atomic mass is 35.5. The standard InChI is InChI=1S/C15H21N3O2S.ClH/c1-19-13-4-5-18(12(8-13)9-16)10-11-7-14(20-17-11)15-3-2-6-21-15;/h2-3,6-7,12-13H,4-5,8-10,16H2,1H3;1H. The molecule has 2 aromatic rings. The molecular formula is C15H22ClN3O2S. The lowest BCUT2D eigenvalue weighted by atomic mass is 9.99. The average Bonchev–Trinajstić information content (AvgIpc) is 3.18. The summed E-state index contributed by atoms with van der Waals surface area (Å²) in [6.07, 6.45) is 2.36. The molecule has 0 radical (unpaired) electrons. The van der Waals surface area contributed by atoms with Gasteiger partial charge in [0.25, 0.3) is 0 Å². The molecule has 2 N–H and O–H groups in total. The van der Waals surface area contributed by atoms with E-state index in [4.69, 9.17) is 15.0 Å². The Kier molecular flexibility index (Phi) is 6.40. The summed E-state index contributed by atoms with van der Waals surface area (Å²) < 4.78 is 10.9. The van der Waals surface area contributed by atoms with E-state index in [2.05, 4.69) is 10.1 Å². The number of halogens is 1. The maximum absolute atomic E-state index is 5.91. The molecule has 1 fully saturated rings. The van der Waals surface area contributed by atoms with Crippen molar-refractivity contribution >= 4 is 23.7 Å². The van der Waals surface area contributed by atoms with Gasteiger partial charge in [-0.2, -0.15) is 0 Å². The fourth-order valence-corrected chi connectivity index (χ4v) is 3.53. The van der Waals surface area contributed by atoms with E-state index < -0.39 is 0 Å². The smallest absolute Gasteiger partial charge is 0.177 e. The summed E-state index contributed by atoms with van der Waals surface area (Å²) in [4.78, 5) is 3.49. The maximum Gasteiger partial charge on any atom is 0.177 e. The molecule has 0 spiro atoms. The van der Waals surface area contributed by atoms with Crippen LogP contribution >= 0.6 is 23.7 Å². The van der Waals surface area contributed by atoms with E-state index in [1.165, 1.54) is 0 Å². The van der Waals surface area contributed by atoms with Crippen LogP contribution in [0.4, 0.5) is 0 Å². The first kappa shape index (κ1) is 17.4. The molecule has 5 nitrogen and oxygen atoms in total. The van der Waals surface area contributed by atoms with Gasteiger partial charge in [-0.25, -0.2) is 0 Å². The highest BCUT2D eigenvalue weighted by Gasteiger charge is 2.28. The van der Waals surface area contributed by atoms with Gasteiger partial charge in [0.05, 0.1) is 16.7 Å². The third-order valence-corrected chi connectivity index (χ3v) is 4.97. The van der Waals surface area contributed by atoms with Gasteiger partial charge >= 0.3 is 0 Å². The van der Waals surface area contributed by atoms with E-state index in [-0.39, 0.29) is 12.4 Å². The number of thiophene rings is 1. The molecule has 0 aliphatic carbocycles. The van der Waals surface area contributed by atoms with Crippen molar-refractivity contribution in [3.8, 4) is 10.6 Å². The zero-order chi connectivity index (χ0) is 14.7. The summed E-state index contributed by atoms with van der Waals surface area (Å²) in [7, 11) is 1.78. The van der Waals surface area contributed by atoms with Crippen molar-refractivity contribution in [2.45, 2.75) is 31.5 Å². The van der Waals surface area contributed by atoms with Crippen LogP contribution in [0.3, 0.4) is 0 Å². The Morgan fingerprint density at radius 2 is 2.41 bits per heavy atom. The van der Waals surface area contributed by atoms with Crippen molar-refractivity contribution in [1.82, 2.24) is 10.1 Å². The number of nitrogens with two attached hydrogens (primary N) is 1. The van der Waals surface area contributed by atoms with Crippen LogP contribution in [-0.4, -0.2) is 42.4 Å². The first-order chi connectivity index (χ1) is 10.3. The predicted octanol–water partition coefficient (Wildman–Crippen LogP) is 2.76. The van der Waals surface area contributed by atoms with Gasteiger partial charge in [-0.3, -0.25) is 4.90 Å². The lowest BCUT2D eigenvalue weighted by molar-refractivity contribution is 0.00950. The van der Waals surface area contributed by atoms with Crippen molar-refractivity contribution in [3.05, 3.63) is 29.3 Å². The van der Waals surface area contributed by atoms with Gasteiger partial charge in [0.2, 0.25) is 0 Å². The Bertz CT molecular complexity index is 561. The summed E-state index contributed by atoms with van der Waals surface area (Å²) in [5.74, 6) is 0.844. The van der Waals surface area contributed by atoms with E-state index in [0.29, 0.717) is 18.7 Å². The van der Waals surface area contributed by atoms with Crippen LogP contribution in [0.2, 0.25) is 0 Å². The second kappa shape index (κ2) is 8.08. The van der Waals surface area contributed by atoms with Crippen molar-refractivity contribution in [3.63, 3.8) is 0 Å². The molecule has 0 amide bonds. The Morgan fingerprint density at radius 1 is 1.55 bits per heavy atom. The second-order valence-corrected chi connectivity index (χ2v) is 6.35. The summed E-state index contributed by atoms with van der Waals surface area (Å²) in [5, 5.41) is 6.23. The van der Waals surface area contributed by atoms with Gasteiger partial charge in [0.1, 0.15) is 0 Å². The van der Waals surface area contributed by atoms with Gasteiger partial charge in [-0.1, -0.05) is 11.2 Å². The number of hydrogen-bond acceptors (Lipinski definition) is 6. The average molecular weight is 344 g/mol. The third-order valence-electron chi connectivity index (χ3n) is 4.08. The topological polar surface area (TPSA) is 64.5 Å². The fourth-order valence-electron chi connectivity index (χ4n) is 2.86. The van der Waals surface area contributed by atoms with Crippen LogP contribution in [-0.2, 0) is 11.3 Å². The number of piperidine rings is 1.